The summed E-state index contributed by atoms with van der Waals surface area (Å²) < 4.78 is 5.49. The summed E-state index contributed by atoms with van der Waals surface area (Å²) in [5, 5.41) is 11.7. The Labute approximate surface area is 146 Å². The molecule has 0 aliphatic carbocycles. The summed E-state index contributed by atoms with van der Waals surface area (Å²) in [4.78, 5) is 23.5. The number of aliphatic carboxylic acids is 1. The summed E-state index contributed by atoms with van der Waals surface area (Å²) in [6.45, 7) is 6.05. The first-order valence-electron chi connectivity index (χ1n) is 7.64. The number of nitrogens with one attached hydrogen (secondary N) is 1. The van der Waals surface area contributed by atoms with Crippen molar-refractivity contribution < 1.29 is 19.4 Å². The molecule has 0 saturated heterocycles. The number of amides is 1. The molecule has 0 aliphatic heterocycles. The third kappa shape index (κ3) is 5.66. The van der Waals surface area contributed by atoms with Crippen LogP contribution in [0.25, 0.3) is 6.08 Å². The molecule has 0 heterocycles. The molecule has 5 heteroatoms. The van der Waals surface area contributed by atoms with Gasteiger partial charge < -0.3 is 15.2 Å². The Morgan fingerprint density at radius 1 is 1.12 bits per heavy atom. The number of benzene rings is 2. The van der Waals surface area contributed by atoms with Gasteiger partial charge in [-0.3, -0.25) is 4.79 Å². The number of carbonyl (C=O) groups excluding carboxylic acids is 1. The fourth-order valence-electron chi connectivity index (χ4n) is 1.97. The molecule has 5 nitrogen and oxygen atoms in total. The van der Waals surface area contributed by atoms with E-state index in [1.165, 1.54) is 6.08 Å². The van der Waals surface area contributed by atoms with E-state index in [1.807, 2.05) is 6.92 Å². The highest BCUT2D eigenvalue weighted by Gasteiger charge is 2.13. The number of carboxylic acid groups (broad SMARTS) is 1. The molecule has 2 N–H and O–H groups in total. The third-order valence-corrected chi connectivity index (χ3v) is 3.19. The lowest BCUT2D eigenvalue weighted by Gasteiger charge is -2.08. The second-order valence-corrected chi connectivity index (χ2v) is 5.50. The van der Waals surface area contributed by atoms with Gasteiger partial charge in [0.15, 0.2) is 0 Å². The predicted octanol–water partition coefficient (Wildman–Crippen LogP) is 3.50. The Bertz CT molecular complexity index is 792. The van der Waals surface area contributed by atoms with Crippen molar-refractivity contribution in [2.24, 2.45) is 0 Å². The maximum absolute atomic E-state index is 12.1. The quantitative estimate of drug-likeness (QED) is 0.599. The number of rotatable bonds is 7. The summed E-state index contributed by atoms with van der Waals surface area (Å²) in [6.07, 6.45) is 1.39. The minimum Gasteiger partial charge on any atom is -0.489 e. The Hall–Kier alpha value is -3.34. The molecule has 0 aromatic heterocycles. The van der Waals surface area contributed by atoms with Crippen molar-refractivity contribution >= 4 is 18.0 Å². The Morgan fingerprint density at radius 3 is 2.32 bits per heavy atom. The van der Waals surface area contributed by atoms with Crippen molar-refractivity contribution in [2.75, 3.05) is 6.61 Å². The van der Waals surface area contributed by atoms with Crippen molar-refractivity contribution in [1.82, 2.24) is 5.32 Å². The molecule has 0 aliphatic rings. The summed E-state index contributed by atoms with van der Waals surface area (Å²) in [5.74, 6) is -1.03. The summed E-state index contributed by atoms with van der Waals surface area (Å²) in [6, 6.07) is 15.3. The monoisotopic (exact) mass is 337 g/mol. The van der Waals surface area contributed by atoms with Crippen LogP contribution in [-0.2, 0) is 4.79 Å². The van der Waals surface area contributed by atoms with Gasteiger partial charge >= 0.3 is 5.97 Å². The van der Waals surface area contributed by atoms with E-state index in [0.29, 0.717) is 23.5 Å². The zero-order valence-electron chi connectivity index (χ0n) is 13.9. The normalized spacial score (nSPS) is 10.8. The van der Waals surface area contributed by atoms with Crippen LogP contribution in [0.2, 0.25) is 0 Å². The molecule has 0 bridgehead atoms. The van der Waals surface area contributed by atoms with E-state index in [0.717, 1.165) is 5.57 Å². The van der Waals surface area contributed by atoms with Gasteiger partial charge in [0.1, 0.15) is 18.1 Å². The topological polar surface area (TPSA) is 75.6 Å². The zero-order chi connectivity index (χ0) is 18.2. The van der Waals surface area contributed by atoms with Crippen molar-refractivity contribution in [2.45, 2.75) is 6.92 Å². The Morgan fingerprint density at radius 2 is 1.76 bits per heavy atom. The summed E-state index contributed by atoms with van der Waals surface area (Å²) >= 11 is 0. The van der Waals surface area contributed by atoms with Crippen molar-refractivity contribution in [3.63, 3.8) is 0 Å². The lowest BCUT2D eigenvalue weighted by Crippen LogP contribution is -2.27. The maximum Gasteiger partial charge on any atom is 0.352 e. The molecule has 2 aromatic rings. The predicted molar refractivity (Wildman–Crippen MR) is 96.3 cm³/mol. The smallest absolute Gasteiger partial charge is 0.352 e. The second-order valence-electron chi connectivity index (χ2n) is 5.50. The number of carbonyl (C=O) groups is 2. The van der Waals surface area contributed by atoms with E-state index >= 15 is 0 Å². The number of ether oxygens (including phenoxy) is 1. The molecule has 0 saturated carbocycles. The van der Waals surface area contributed by atoms with E-state index in [4.69, 9.17) is 4.74 Å². The molecule has 0 spiro atoms. The standard InChI is InChI=1S/C20H19NO4/c1-14(2)13-25-17-10-8-15(9-11-17)12-18(20(23)24)21-19(22)16-6-4-3-5-7-16/h3-12H,1,13H2,2H3,(H,21,22)(H,23,24). The Balaban J connectivity index is 2.12. The van der Waals surface area contributed by atoms with Gasteiger partial charge in [-0.25, -0.2) is 4.79 Å². The molecule has 0 unspecified atom stereocenters. The van der Waals surface area contributed by atoms with Crippen LogP contribution in [0, 0.1) is 0 Å². The fraction of sp³-hybridized carbons (Fsp3) is 0.100. The lowest BCUT2D eigenvalue weighted by molar-refractivity contribution is -0.132. The average Bonchev–Trinajstić information content (AvgIpc) is 2.61. The molecule has 2 aromatic carbocycles. The SMILES string of the molecule is C=C(C)COc1ccc(C=C(NC(=O)c2ccccc2)C(=O)O)cc1. The molecule has 0 radical (unpaired) electrons. The lowest BCUT2D eigenvalue weighted by atomic mass is 10.1. The number of carboxylic acids is 1. The number of hydrogen-bond acceptors (Lipinski definition) is 3. The van der Waals surface area contributed by atoms with E-state index in [1.54, 1.807) is 54.6 Å². The van der Waals surface area contributed by atoms with Gasteiger partial charge in [0, 0.05) is 5.56 Å². The zero-order valence-corrected chi connectivity index (χ0v) is 13.9. The molecule has 128 valence electrons. The molecule has 0 fully saturated rings. The first-order chi connectivity index (χ1) is 12.0. The van der Waals surface area contributed by atoms with Crippen LogP contribution in [0.1, 0.15) is 22.8 Å². The highest BCUT2D eigenvalue weighted by molar-refractivity contribution is 6.02. The van der Waals surface area contributed by atoms with Gasteiger partial charge in [0.2, 0.25) is 0 Å². The third-order valence-electron chi connectivity index (χ3n) is 3.19. The maximum atomic E-state index is 12.1. The van der Waals surface area contributed by atoms with Crippen LogP contribution in [0.5, 0.6) is 5.75 Å². The van der Waals surface area contributed by atoms with Gasteiger partial charge in [0.05, 0.1) is 0 Å². The van der Waals surface area contributed by atoms with Crippen molar-refractivity contribution in [1.29, 1.82) is 0 Å². The van der Waals surface area contributed by atoms with E-state index in [-0.39, 0.29) is 5.70 Å². The largest absolute Gasteiger partial charge is 0.489 e. The first kappa shape index (κ1) is 18.0. The van der Waals surface area contributed by atoms with Crippen LogP contribution in [-0.4, -0.2) is 23.6 Å². The fourth-order valence-corrected chi connectivity index (χ4v) is 1.97. The van der Waals surface area contributed by atoms with Crippen molar-refractivity contribution in [3.05, 3.63) is 83.6 Å². The Kier molecular flexibility index (Phi) is 6.12. The average molecular weight is 337 g/mol. The molecule has 2 rings (SSSR count). The van der Waals surface area contributed by atoms with Gasteiger partial charge in [0.25, 0.3) is 5.91 Å². The highest BCUT2D eigenvalue weighted by atomic mass is 16.5. The minimum absolute atomic E-state index is 0.204. The van der Waals surface area contributed by atoms with E-state index in [9.17, 15) is 14.7 Å². The minimum atomic E-state index is -1.22. The van der Waals surface area contributed by atoms with Crippen LogP contribution >= 0.6 is 0 Å². The van der Waals surface area contributed by atoms with Crippen LogP contribution in [0.3, 0.4) is 0 Å². The van der Waals surface area contributed by atoms with Gasteiger partial charge in [-0.05, 0) is 48.4 Å². The van der Waals surface area contributed by atoms with Gasteiger partial charge in [-0.15, -0.1) is 0 Å². The molecule has 1 amide bonds. The summed E-state index contributed by atoms with van der Waals surface area (Å²) in [7, 11) is 0. The van der Waals surface area contributed by atoms with Crippen molar-refractivity contribution in [3.8, 4) is 5.75 Å². The molecular formula is C20H19NO4. The van der Waals surface area contributed by atoms with E-state index in [2.05, 4.69) is 11.9 Å². The molecule has 25 heavy (non-hydrogen) atoms. The number of hydrogen-bond donors (Lipinski definition) is 2. The van der Waals surface area contributed by atoms with Gasteiger partial charge in [-0.1, -0.05) is 36.9 Å². The highest BCUT2D eigenvalue weighted by Crippen LogP contribution is 2.15. The van der Waals surface area contributed by atoms with E-state index < -0.39 is 11.9 Å². The second kappa shape index (κ2) is 8.49. The van der Waals surface area contributed by atoms with Crippen LogP contribution in [0.15, 0.2) is 72.4 Å². The molecular weight excluding hydrogens is 318 g/mol. The van der Waals surface area contributed by atoms with Crippen LogP contribution < -0.4 is 10.1 Å². The summed E-state index contributed by atoms with van der Waals surface area (Å²) in [5.41, 5.74) is 1.72. The first-order valence-corrected chi connectivity index (χ1v) is 7.64. The van der Waals surface area contributed by atoms with Crippen LogP contribution in [0.4, 0.5) is 0 Å². The van der Waals surface area contributed by atoms with Gasteiger partial charge in [-0.2, -0.15) is 0 Å². The molecule has 0 atom stereocenters.